The fourth-order valence-corrected chi connectivity index (χ4v) is 2.53. The molecule has 3 aromatic rings. The van der Waals surface area contributed by atoms with E-state index in [0.29, 0.717) is 23.6 Å². The van der Waals surface area contributed by atoms with Gasteiger partial charge in [-0.05, 0) is 72.2 Å². The molecule has 0 fully saturated rings. The van der Waals surface area contributed by atoms with Gasteiger partial charge >= 0.3 is 0 Å². The number of hydrogen-bond donors (Lipinski definition) is 1. The Morgan fingerprint density at radius 3 is 2.50 bits per heavy atom. The van der Waals surface area contributed by atoms with Crippen molar-refractivity contribution in [1.29, 1.82) is 0 Å². The van der Waals surface area contributed by atoms with E-state index in [9.17, 15) is 4.79 Å². The van der Waals surface area contributed by atoms with Gasteiger partial charge in [-0.3, -0.25) is 4.79 Å². The zero-order valence-corrected chi connectivity index (χ0v) is 14.8. The fraction of sp³-hybridized carbons (Fsp3) is 0.211. The number of nitrogens with one attached hydrogen (secondary N) is 1. The molecule has 0 radical (unpaired) electrons. The van der Waals surface area contributed by atoms with E-state index in [1.54, 1.807) is 31.4 Å². The molecule has 1 heterocycles. The van der Waals surface area contributed by atoms with E-state index in [1.165, 1.54) is 0 Å². The largest absolute Gasteiger partial charge is 0.497 e. The molecule has 1 aromatic heterocycles. The summed E-state index contributed by atoms with van der Waals surface area (Å²) in [6.07, 6.45) is 0. The number of amides is 1. The van der Waals surface area contributed by atoms with Crippen molar-refractivity contribution in [3.8, 4) is 22.8 Å². The predicted octanol–water partition coefficient (Wildman–Crippen LogP) is 3.70. The Morgan fingerprint density at radius 2 is 1.85 bits per heavy atom. The van der Waals surface area contributed by atoms with Crippen molar-refractivity contribution < 1.29 is 18.9 Å². The Bertz CT molecular complexity index is 903. The first kappa shape index (κ1) is 17.5. The monoisotopic (exact) mass is 353 g/mol. The van der Waals surface area contributed by atoms with Crippen LogP contribution in [0.5, 0.6) is 11.5 Å². The number of ether oxygens (including phenoxy) is 2. The Kier molecular flexibility index (Phi) is 5.17. The molecule has 0 atom stereocenters. The van der Waals surface area contributed by atoms with Gasteiger partial charge in [0.05, 0.1) is 13.7 Å². The highest BCUT2D eigenvalue weighted by molar-refractivity contribution is 6.05. The van der Waals surface area contributed by atoms with Crippen LogP contribution in [0.25, 0.3) is 11.3 Å². The Hall–Kier alpha value is -3.35. The lowest BCUT2D eigenvalue weighted by Crippen LogP contribution is -2.13. The number of aryl methyl sites for hydroxylation is 1. The third-order valence-corrected chi connectivity index (χ3v) is 3.84. The van der Waals surface area contributed by atoms with Crippen molar-refractivity contribution in [2.75, 3.05) is 19.0 Å². The molecule has 1 N–H and O–H groups in total. The molecule has 7 heteroatoms. The van der Waals surface area contributed by atoms with Crippen LogP contribution in [0.3, 0.4) is 0 Å². The van der Waals surface area contributed by atoms with Crippen LogP contribution in [0.4, 0.5) is 5.82 Å². The second kappa shape index (κ2) is 7.69. The average molecular weight is 353 g/mol. The van der Waals surface area contributed by atoms with Gasteiger partial charge in [-0.1, -0.05) is 0 Å². The second-order valence-corrected chi connectivity index (χ2v) is 5.55. The minimum Gasteiger partial charge on any atom is -0.497 e. The van der Waals surface area contributed by atoms with E-state index in [0.717, 1.165) is 16.9 Å². The molecule has 0 bridgehead atoms. The lowest BCUT2D eigenvalue weighted by Gasteiger charge is -2.08. The topological polar surface area (TPSA) is 86.5 Å². The normalized spacial score (nSPS) is 10.4. The zero-order chi connectivity index (χ0) is 18.5. The van der Waals surface area contributed by atoms with E-state index in [1.807, 2.05) is 32.0 Å². The smallest absolute Gasteiger partial charge is 0.256 e. The van der Waals surface area contributed by atoms with Crippen LogP contribution in [0.1, 0.15) is 22.8 Å². The van der Waals surface area contributed by atoms with Crippen molar-refractivity contribution in [2.45, 2.75) is 13.8 Å². The van der Waals surface area contributed by atoms with Gasteiger partial charge in [0.25, 0.3) is 5.91 Å². The van der Waals surface area contributed by atoms with E-state index >= 15 is 0 Å². The maximum absolute atomic E-state index is 12.5. The number of rotatable bonds is 6. The van der Waals surface area contributed by atoms with Gasteiger partial charge in [0.15, 0.2) is 5.69 Å². The summed E-state index contributed by atoms with van der Waals surface area (Å²) in [5, 5.41) is 10.5. The first-order valence-corrected chi connectivity index (χ1v) is 8.14. The van der Waals surface area contributed by atoms with Crippen LogP contribution < -0.4 is 14.8 Å². The molecule has 0 aliphatic rings. The molecule has 1 amide bonds. The maximum atomic E-state index is 12.5. The molecular formula is C19H19N3O4. The number of carbonyl (C=O) groups excluding carboxylic acids is 1. The third-order valence-electron chi connectivity index (χ3n) is 3.84. The molecule has 26 heavy (non-hydrogen) atoms. The number of carbonyl (C=O) groups is 1. The maximum Gasteiger partial charge on any atom is 0.256 e. The van der Waals surface area contributed by atoms with Gasteiger partial charge < -0.3 is 14.8 Å². The minimum atomic E-state index is -0.309. The lowest BCUT2D eigenvalue weighted by molar-refractivity contribution is 0.102. The van der Waals surface area contributed by atoms with Crippen LogP contribution in [0, 0.1) is 6.92 Å². The van der Waals surface area contributed by atoms with Crippen LogP contribution >= 0.6 is 0 Å². The second-order valence-electron chi connectivity index (χ2n) is 5.55. The van der Waals surface area contributed by atoms with Gasteiger partial charge in [0, 0.05) is 11.1 Å². The summed E-state index contributed by atoms with van der Waals surface area (Å²) in [6, 6.07) is 12.4. The zero-order valence-electron chi connectivity index (χ0n) is 14.8. The molecule has 3 rings (SSSR count). The predicted molar refractivity (Wildman–Crippen MR) is 96.6 cm³/mol. The van der Waals surface area contributed by atoms with Gasteiger partial charge in [-0.25, -0.2) is 4.63 Å². The number of methoxy groups -OCH3 is 1. The van der Waals surface area contributed by atoms with Gasteiger partial charge in [0.1, 0.15) is 11.5 Å². The van der Waals surface area contributed by atoms with Crippen molar-refractivity contribution in [3.63, 3.8) is 0 Å². The average Bonchev–Trinajstić information content (AvgIpc) is 3.10. The summed E-state index contributed by atoms with van der Waals surface area (Å²) in [4.78, 5) is 12.5. The number of hydrogen-bond acceptors (Lipinski definition) is 6. The minimum absolute atomic E-state index is 0.261. The summed E-state index contributed by atoms with van der Waals surface area (Å²) >= 11 is 0. The number of aromatic nitrogens is 2. The first-order valence-electron chi connectivity index (χ1n) is 8.14. The standard InChI is InChI=1S/C19H19N3O4/c1-4-25-14-7-5-13(6-8-14)19(23)20-18-17(21-26-22-18)16-10-9-15(24-3)11-12(16)2/h5-11H,4H2,1-3H3,(H,20,22,23). The molecule has 0 spiro atoms. The van der Waals surface area contributed by atoms with E-state index < -0.39 is 0 Å². The van der Waals surface area contributed by atoms with Crippen LogP contribution in [-0.4, -0.2) is 29.9 Å². The summed E-state index contributed by atoms with van der Waals surface area (Å²) in [5.41, 5.74) is 2.67. The molecule has 134 valence electrons. The fourth-order valence-electron chi connectivity index (χ4n) is 2.53. The molecule has 0 aliphatic heterocycles. The summed E-state index contributed by atoms with van der Waals surface area (Å²) < 4.78 is 15.4. The summed E-state index contributed by atoms with van der Waals surface area (Å²) in [5.74, 6) is 1.40. The molecule has 2 aromatic carbocycles. The van der Waals surface area contributed by atoms with Gasteiger partial charge in [0.2, 0.25) is 5.82 Å². The molecule has 0 unspecified atom stereocenters. The number of nitrogens with zero attached hydrogens (tertiary/aromatic N) is 2. The molecule has 7 nitrogen and oxygen atoms in total. The van der Waals surface area contributed by atoms with Gasteiger partial charge in [-0.2, -0.15) is 0 Å². The summed E-state index contributed by atoms with van der Waals surface area (Å²) in [7, 11) is 1.61. The van der Waals surface area contributed by atoms with Gasteiger partial charge in [-0.15, -0.1) is 0 Å². The van der Waals surface area contributed by atoms with E-state index in [-0.39, 0.29) is 11.7 Å². The van der Waals surface area contributed by atoms with Crippen molar-refractivity contribution >= 4 is 11.7 Å². The first-order chi connectivity index (χ1) is 12.6. The Morgan fingerprint density at radius 1 is 1.12 bits per heavy atom. The van der Waals surface area contributed by atoms with Crippen LogP contribution in [0.15, 0.2) is 47.1 Å². The Labute approximate surface area is 150 Å². The number of anilines is 1. The highest BCUT2D eigenvalue weighted by Gasteiger charge is 2.18. The van der Waals surface area contributed by atoms with E-state index in [2.05, 4.69) is 15.6 Å². The highest BCUT2D eigenvalue weighted by atomic mass is 16.6. The van der Waals surface area contributed by atoms with Crippen LogP contribution in [-0.2, 0) is 0 Å². The lowest BCUT2D eigenvalue weighted by atomic mass is 10.1. The van der Waals surface area contributed by atoms with Crippen molar-refractivity contribution in [1.82, 2.24) is 10.3 Å². The molecular weight excluding hydrogens is 334 g/mol. The molecule has 0 saturated carbocycles. The molecule has 0 saturated heterocycles. The van der Waals surface area contributed by atoms with E-state index in [4.69, 9.17) is 14.1 Å². The quantitative estimate of drug-likeness (QED) is 0.727. The molecule has 0 aliphatic carbocycles. The third kappa shape index (κ3) is 3.66. The number of benzene rings is 2. The van der Waals surface area contributed by atoms with Crippen LogP contribution in [0.2, 0.25) is 0 Å². The van der Waals surface area contributed by atoms with Crippen molar-refractivity contribution in [3.05, 3.63) is 53.6 Å². The van der Waals surface area contributed by atoms with Crippen molar-refractivity contribution in [2.24, 2.45) is 0 Å². The SMILES string of the molecule is CCOc1ccc(C(=O)Nc2nonc2-c2ccc(OC)cc2C)cc1. The Balaban J connectivity index is 1.81. The highest BCUT2D eigenvalue weighted by Crippen LogP contribution is 2.30. The summed E-state index contributed by atoms with van der Waals surface area (Å²) in [6.45, 7) is 4.40.